The highest BCUT2D eigenvalue weighted by Crippen LogP contribution is 2.29. The average Bonchev–Trinajstić information content (AvgIpc) is 2.67. The van der Waals surface area contributed by atoms with Crippen LogP contribution in [0.2, 0.25) is 5.02 Å². The van der Waals surface area contributed by atoms with Gasteiger partial charge in [0.05, 0.1) is 5.02 Å². The predicted molar refractivity (Wildman–Crippen MR) is 65.1 cm³/mol. The summed E-state index contributed by atoms with van der Waals surface area (Å²) < 4.78 is 7.00. The van der Waals surface area contributed by atoms with Gasteiger partial charge in [0.1, 0.15) is 12.1 Å². The fourth-order valence-corrected chi connectivity index (χ4v) is 1.58. The Bertz CT molecular complexity index is 524. The smallest absolute Gasteiger partial charge is 0.341 e. The summed E-state index contributed by atoms with van der Waals surface area (Å²) >= 11 is 6.09. The summed E-state index contributed by atoms with van der Waals surface area (Å²) in [7, 11) is 1.76. The first-order valence-electron chi connectivity index (χ1n) is 5.15. The van der Waals surface area contributed by atoms with Crippen molar-refractivity contribution in [3.05, 3.63) is 35.1 Å². The fraction of sp³-hybridized carbons (Fsp3) is 0.273. The van der Waals surface area contributed by atoms with E-state index < -0.39 is 0 Å². The van der Waals surface area contributed by atoms with E-state index in [2.05, 4.69) is 10.1 Å². The van der Waals surface area contributed by atoms with Crippen LogP contribution in [0.1, 0.15) is 18.5 Å². The van der Waals surface area contributed by atoms with Gasteiger partial charge in [-0.1, -0.05) is 17.7 Å². The maximum Gasteiger partial charge on any atom is 0.341 e. The van der Waals surface area contributed by atoms with Crippen molar-refractivity contribution in [3.63, 3.8) is 0 Å². The molecule has 0 aliphatic carbocycles. The molecule has 2 rings (SSSR count). The molecule has 6 heteroatoms. The highest BCUT2D eigenvalue weighted by atomic mass is 35.5. The third-order valence-electron chi connectivity index (χ3n) is 2.26. The van der Waals surface area contributed by atoms with Gasteiger partial charge in [0, 0.05) is 13.1 Å². The molecule has 2 N–H and O–H groups in total. The second-order valence-electron chi connectivity index (χ2n) is 3.78. The van der Waals surface area contributed by atoms with Crippen molar-refractivity contribution in [3.8, 4) is 11.8 Å². The van der Waals surface area contributed by atoms with Gasteiger partial charge < -0.3 is 10.5 Å². The van der Waals surface area contributed by atoms with Crippen molar-refractivity contribution >= 4 is 11.6 Å². The average molecular weight is 253 g/mol. The van der Waals surface area contributed by atoms with Crippen LogP contribution in [0.3, 0.4) is 0 Å². The number of nitrogens with two attached hydrogens (primary N) is 1. The molecule has 0 saturated heterocycles. The first-order chi connectivity index (χ1) is 8.06. The zero-order valence-corrected chi connectivity index (χ0v) is 10.3. The van der Waals surface area contributed by atoms with Crippen LogP contribution < -0.4 is 10.5 Å². The molecule has 0 amide bonds. The lowest BCUT2D eigenvalue weighted by molar-refractivity contribution is 0.439. The number of ether oxygens (including phenoxy) is 1. The Morgan fingerprint density at radius 2 is 2.24 bits per heavy atom. The fourth-order valence-electron chi connectivity index (χ4n) is 1.35. The summed E-state index contributed by atoms with van der Waals surface area (Å²) in [4.78, 5) is 3.96. The zero-order chi connectivity index (χ0) is 12.4. The lowest BCUT2D eigenvalue weighted by Crippen LogP contribution is -2.04. The molecule has 0 saturated carbocycles. The Kier molecular flexibility index (Phi) is 3.31. The third kappa shape index (κ3) is 2.75. The molecule has 0 bridgehead atoms. The van der Waals surface area contributed by atoms with Crippen LogP contribution in [0.4, 0.5) is 0 Å². The highest BCUT2D eigenvalue weighted by molar-refractivity contribution is 6.32. The largest absolute Gasteiger partial charge is 0.422 e. The van der Waals surface area contributed by atoms with Crippen molar-refractivity contribution in [1.82, 2.24) is 14.8 Å². The Morgan fingerprint density at radius 3 is 2.76 bits per heavy atom. The van der Waals surface area contributed by atoms with Gasteiger partial charge >= 0.3 is 6.01 Å². The minimum atomic E-state index is -0.0606. The molecule has 1 unspecified atom stereocenters. The second-order valence-corrected chi connectivity index (χ2v) is 4.19. The maximum atomic E-state index is 6.09. The normalized spacial score (nSPS) is 12.5. The lowest BCUT2D eigenvalue weighted by atomic mass is 10.1. The van der Waals surface area contributed by atoms with E-state index in [1.807, 2.05) is 13.0 Å². The van der Waals surface area contributed by atoms with Crippen LogP contribution in [0.15, 0.2) is 24.5 Å². The minimum Gasteiger partial charge on any atom is -0.422 e. The Morgan fingerprint density at radius 1 is 1.47 bits per heavy atom. The molecule has 1 aromatic carbocycles. The van der Waals surface area contributed by atoms with E-state index in [0.717, 1.165) is 5.56 Å². The van der Waals surface area contributed by atoms with Gasteiger partial charge in [-0.3, -0.25) is 4.68 Å². The Hall–Kier alpha value is -1.59. The molecule has 0 aliphatic heterocycles. The topological polar surface area (TPSA) is 66.0 Å². The van der Waals surface area contributed by atoms with Gasteiger partial charge in [0.15, 0.2) is 0 Å². The Labute approximate surface area is 104 Å². The Balaban J connectivity index is 2.22. The first kappa shape index (κ1) is 11.9. The van der Waals surface area contributed by atoms with E-state index in [1.165, 1.54) is 0 Å². The molecule has 0 radical (unpaired) electrons. The number of halogens is 1. The van der Waals surface area contributed by atoms with E-state index in [9.17, 15) is 0 Å². The molecule has 0 aliphatic rings. The lowest BCUT2D eigenvalue weighted by Gasteiger charge is -2.08. The summed E-state index contributed by atoms with van der Waals surface area (Å²) in [6.45, 7) is 1.90. The van der Waals surface area contributed by atoms with Gasteiger partial charge in [0.2, 0.25) is 0 Å². The standard InChI is InChI=1S/C11H13ClN4O/c1-7(13)8-3-4-10(9(12)5-8)17-11-14-6-16(2)15-11/h3-7H,13H2,1-2H3. The summed E-state index contributed by atoms with van der Waals surface area (Å²) in [5.74, 6) is 0.516. The molecule has 0 spiro atoms. The molecule has 2 aromatic rings. The second kappa shape index (κ2) is 4.73. The number of rotatable bonds is 3. The van der Waals surface area contributed by atoms with Crippen molar-refractivity contribution in [2.24, 2.45) is 12.8 Å². The van der Waals surface area contributed by atoms with Crippen LogP contribution in [-0.2, 0) is 7.05 Å². The number of hydrogen-bond donors (Lipinski definition) is 1. The van der Waals surface area contributed by atoms with E-state index in [4.69, 9.17) is 22.1 Å². The molecule has 1 heterocycles. The summed E-state index contributed by atoms with van der Waals surface area (Å²) in [6, 6.07) is 5.62. The van der Waals surface area contributed by atoms with Crippen LogP contribution in [0.5, 0.6) is 11.8 Å². The van der Waals surface area contributed by atoms with Crippen LogP contribution in [-0.4, -0.2) is 14.8 Å². The maximum absolute atomic E-state index is 6.09. The van der Waals surface area contributed by atoms with Crippen molar-refractivity contribution in [1.29, 1.82) is 0 Å². The van der Waals surface area contributed by atoms with Gasteiger partial charge in [0.25, 0.3) is 0 Å². The van der Waals surface area contributed by atoms with Crippen LogP contribution in [0, 0.1) is 0 Å². The summed E-state index contributed by atoms with van der Waals surface area (Å²) in [5, 5.41) is 4.50. The van der Waals surface area contributed by atoms with E-state index in [0.29, 0.717) is 10.8 Å². The molecular weight excluding hydrogens is 240 g/mol. The monoisotopic (exact) mass is 252 g/mol. The molecular formula is C11H13ClN4O. The molecule has 5 nitrogen and oxygen atoms in total. The number of benzene rings is 1. The van der Waals surface area contributed by atoms with Crippen LogP contribution >= 0.6 is 11.6 Å². The molecule has 1 atom stereocenters. The molecule has 90 valence electrons. The quantitative estimate of drug-likeness (QED) is 0.910. The van der Waals surface area contributed by atoms with Crippen LogP contribution in [0.25, 0.3) is 0 Å². The van der Waals surface area contributed by atoms with Gasteiger partial charge in [-0.05, 0) is 24.6 Å². The molecule has 17 heavy (non-hydrogen) atoms. The summed E-state index contributed by atoms with van der Waals surface area (Å²) in [6.07, 6.45) is 1.56. The number of hydrogen-bond acceptors (Lipinski definition) is 4. The van der Waals surface area contributed by atoms with Gasteiger partial charge in [-0.2, -0.15) is 4.98 Å². The predicted octanol–water partition coefficient (Wildman–Crippen LogP) is 2.28. The van der Waals surface area contributed by atoms with Crippen molar-refractivity contribution in [2.75, 3.05) is 0 Å². The highest BCUT2D eigenvalue weighted by Gasteiger charge is 2.08. The molecule has 1 aromatic heterocycles. The molecule has 0 fully saturated rings. The summed E-state index contributed by atoms with van der Waals surface area (Å²) in [5.41, 5.74) is 6.72. The number of aromatic nitrogens is 3. The minimum absolute atomic E-state index is 0.0606. The van der Waals surface area contributed by atoms with Gasteiger partial charge in [-0.15, -0.1) is 5.10 Å². The van der Waals surface area contributed by atoms with Crippen molar-refractivity contribution < 1.29 is 4.74 Å². The van der Waals surface area contributed by atoms with E-state index in [-0.39, 0.29) is 12.1 Å². The van der Waals surface area contributed by atoms with E-state index in [1.54, 1.807) is 30.2 Å². The number of aryl methyl sites for hydroxylation is 1. The SMILES string of the molecule is CC(N)c1ccc(Oc2ncn(C)n2)c(Cl)c1. The van der Waals surface area contributed by atoms with Gasteiger partial charge in [-0.25, -0.2) is 0 Å². The van der Waals surface area contributed by atoms with E-state index >= 15 is 0 Å². The third-order valence-corrected chi connectivity index (χ3v) is 2.56. The zero-order valence-electron chi connectivity index (χ0n) is 9.59. The first-order valence-corrected chi connectivity index (χ1v) is 5.52. The number of nitrogens with zero attached hydrogens (tertiary/aromatic N) is 3. The van der Waals surface area contributed by atoms with Crippen molar-refractivity contribution in [2.45, 2.75) is 13.0 Å².